The molecule has 0 spiro atoms. The Hall–Kier alpha value is -3.62. The number of hydrogen-bond donors (Lipinski definition) is 2. The molecule has 1 saturated carbocycles. The molecule has 8 heteroatoms. The zero-order chi connectivity index (χ0) is 27.8. The molecule has 1 atom stereocenters. The number of carboxylic acid groups (broad SMARTS) is 1. The van der Waals surface area contributed by atoms with Crippen LogP contribution >= 0.6 is 0 Å². The highest BCUT2D eigenvalue weighted by Gasteiger charge is 2.34. The van der Waals surface area contributed by atoms with Gasteiger partial charge in [-0.25, -0.2) is 4.79 Å². The number of fused-ring (bicyclic) bond motifs is 3. The van der Waals surface area contributed by atoms with Gasteiger partial charge in [0.2, 0.25) is 0 Å². The van der Waals surface area contributed by atoms with Crippen LogP contribution < -0.4 is 4.74 Å². The topological polar surface area (TPSA) is 99.3 Å². The van der Waals surface area contributed by atoms with Gasteiger partial charge in [0.15, 0.2) is 0 Å². The van der Waals surface area contributed by atoms with Crippen molar-refractivity contribution in [3.63, 3.8) is 0 Å². The Balaban J connectivity index is 1.55. The Morgan fingerprint density at radius 3 is 2.50 bits per heavy atom. The molecule has 0 amide bonds. The maximum Gasteiger partial charge on any atom is 0.339 e. The summed E-state index contributed by atoms with van der Waals surface area (Å²) in [6.45, 7) is 5.61. The first-order valence-electron chi connectivity index (χ1n) is 14.3. The highest BCUT2D eigenvalue weighted by atomic mass is 16.5. The van der Waals surface area contributed by atoms with E-state index < -0.39 is 5.97 Å². The van der Waals surface area contributed by atoms with Gasteiger partial charge >= 0.3 is 5.97 Å². The molecule has 1 aliphatic carbocycles. The minimum Gasteiger partial charge on any atom is -0.507 e. The van der Waals surface area contributed by atoms with E-state index in [2.05, 4.69) is 21.8 Å². The molecule has 2 aromatic carbocycles. The Morgan fingerprint density at radius 1 is 1.07 bits per heavy atom. The van der Waals surface area contributed by atoms with Crippen molar-refractivity contribution in [1.29, 1.82) is 0 Å². The largest absolute Gasteiger partial charge is 0.507 e. The molecule has 6 rings (SSSR count). The van der Waals surface area contributed by atoms with Crippen molar-refractivity contribution in [3.8, 4) is 11.5 Å². The monoisotopic (exact) mass is 543 g/mol. The smallest absolute Gasteiger partial charge is 0.339 e. The Labute approximate surface area is 234 Å². The van der Waals surface area contributed by atoms with E-state index in [1.54, 1.807) is 19.3 Å². The molecular weight excluding hydrogens is 506 g/mol. The second-order valence-electron chi connectivity index (χ2n) is 11.3. The SMILES string of the molecule is Cc1oc2c(c1C(=O)O)c(C(c1ccncc1)N1CCN(C)CC1)c(O)c1cc(OCC3CCCCC3)ccc12. The van der Waals surface area contributed by atoms with E-state index >= 15 is 0 Å². The van der Waals surface area contributed by atoms with E-state index in [9.17, 15) is 15.0 Å². The molecule has 2 fully saturated rings. The summed E-state index contributed by atoms with van der Waals surface area (Å²) in [5.74, 6) is 0.557. The van der Waals surface area contributed by atoms with Gasteiger partial charge in [-0.2, -0.15) is 0 Å². The number of ether oxygens (including phenoxy) is 1. The van der Waals surface area contributed by atoms with Crippen molar-refractivity contribution >= 4 is 27.7 Å². The van der Waals surface area contributed by atoms with E-state index in [-0.39, 0.29) is 17.4 Å². The third-order valence-electron chi connectivity index (χ3n) is 8.72. The van der Waals surface area contributed by atoms with Crippen LogP contribution in [0.4, 0.5) is 0 Å². The molecule has 2 N–H and O–H groups in total. The predicted octanol–water partition coefficient (Wildman–Crippen LogP) is 5.99. The van der Waals surface area contributed by atoms with Gasteiger partial charge < -0.3 is 24.3 Å². The summed E-state index contributed by atoms with van der Waals surface area (Å²) in [5.41, 5.74) is 2.06. The summed E-state index contributed by atoms with van der Waals surface area (Å²) in [6, 6.07) is 9.14. The summed E-state index contributed by atoms with van der Waals surface area (Å²) in [5, 5.41) is 24.1. The fourth-order valence-electron chi connectivity index (χ4n) is 6.54. The number of nitrogens with zero attached hydrogens (tertiary/aromatic N) is 3. The van der Waals surface area contributed by atoms with Gasteiger partial charge in [-0.3, -0.25) is 9.88 Å². The van der Waals surface area contributed by atoms with Gasteiger partial charge in [-0.15, -0.1) is 0 Å². The number of furan rings is 1. The number of aromatic carboxylic acids is 1. The second kappa shape index (κ2) is 11.1. The number of carboxylic acids is 1. The molecule has 0 bridgehead atoms. The third-order valence-corrected chi connectivity index (χ3v) is 8.72. The molecule has 3 heterocycles. The number of phenolic OH excluding ortho intramolecular Hbond substituents is 1. The first-order chi connectivity index (χ1) is 19.4. The highest BCUT2D eigenvalue weighted by Crippen LogP contribution is 2.48. The van der Waals surface area contributed by atoms with Gasteiger partial charge in [0.25, 0.3) is 0 Å². The van der Waals surface area contributed by atoms with Crippen LogP contribution in [0.5, 0.6) is 11.5 Å². The number of carbonyl (C=O) groups is 1. The number of aromatic nitrogens is 1. The number of likely N-dealkylation sites (N-methyl/N-ethyl adjacent to an activating group) is 1. The molecule has 2 aliphatic rings. The van der Waals surface area contributed by atoms with Crippen LogP contribution in [0.15, 0.2) is 47.1 Å². The number of aryl methyl sites for hydroxylation is 1. The van der Waals surface area contributed by atoms with Crippen LogP contribution in [0, 0.1) is 12.8 Å². The van der Waals surface area contributed by atoms with Crippen molar-refractivity contribution in [3.05, 3.63) is 65.2 Å². The molecular formula is C32H37N3O5. The van der Waals surface area contributed by atoms with Gasteiger partial charge in [0, 0.05) is 60.3 Å². The van der Waals surface area contributed by atoms with E-state index in [0.717, 1.165) is 31.7 Å². The van der Waals surface area contributed by atoms with Gasteiger partial charge in [0.1, 0.15) is 28.4 Å². The van der Waals surface area contributed by atoms with Gasteiger partial charge in [0.05, 0.1) is 12.6 Å². The lowest BCUT2D eigenvalue weighted by Gasteiger charge is -2.39. The van der Waals surface area contributed by atoms with E-state index in [1.165, 1.54) is 32.1 Å². The molecule has 210 valence electrons. The van der Waals surface area contributed by atoms with Crippen molar-refractivity contribution in [1.82, 2.24) is 14.8 Å². The Morgan fingerprint density at radius 2 is 1.80 bits per heavy atom. The number of phenols is 1. The zero-order valence-electron chi connectivity index (χ0n) is 23.2. The third kappa shape index (κ3) is 4.90. The molecule has 1 saturated heterocycles. The van der Waals surface area contributed by atoms with E-state index in [1.807, 2.05) is 30.3 Å². The number of hydrogen-bond acceptors (Lipinski definition) is 7. The molecule has 2 aromatic heterocycles. The van der Waals surface area contributed by atoms with E-state index in [0.29, 0.717) is 51.3 Å². The van der Waals surface area contributed by atoms with Crippen molar-refractivity contribution in [2.24, 2.45) is 5.92 Å². The van der Waals surface area contributed by atoms with Gasteiger partial charge in [-0.1, -0.05) is 19.3 Å². The number of benzene rings is 2. The van der Waals surface area contributed by atoms with Crippen LogP contribution in [0.2, 0.25) is 0 Å². The highest BCUT2D eigenvalue weighted by molar-refractivity contribution is 6.16. The first-order valence-corrected chi connectivity index (χ1v) is 14.3. The molecule has 1 unspecified atom stereocenters. The summed E-state index contributed by atoms with van der Waals surface area (Å²) >= 11 is 0. The lowest BCUT2D eigenvalue weighted by atomic mass is 9.88. The number of rotatable bonds is 7. The number of pyridine rings is 1. The standard InChI is InChI=1S/C32H37N3O5/c1-20-26(32(37)38)27-28(29(22-10-12-33-13-11-22)35-16-14-34(2)15-17-35)30(36)25-18-23(8-9-24(25)31(27)40-20)39-19-21-6-4-3-5-7-21/h8-13,18,21,29,36H,3-7,14-17,19H2,1-2H3,(H,37,38). The predicted molar refractivity (Wildman–Crippen MR) is 154 cm³/mol. The summed E-state index contributed by atoms with van der Waals surface area (Å²) in [7, 11) is 2.10. The normalized spacial score (nSPS) is 18.4. The maximum atomic E-state index is 12.6. The molecule has 1 aliphatic heterocycles. The van der Waals surface area contributed by atoms with Gasteiger partial charge in [-0.05, 0) is 68.6 Å². The second-order valence-corrected chi connectivity index (χ2v) is 11.3. The van der Waals surface area contributed by atoms with Crippen LogP contribution in [0.3, 0.4) is 0 Å². The molecule has 40 heavy (non-hydrogen) atoms. The van der Waals surface area contributed by atoms with Crippen molar-refractivity contribution in [2.75, 3.05) is 39.8 Å². The quantitative estimate of drug-likeness (QED) is 0.293. The van der Waals surface area contributed by atoms with Crippen molar-refractivity contribution < 1.29 is 24.2 Å². The number of piperazine rings is 1. The Bertz CT molecular complexity index is 1520. The molecule has 4 aromatic rings. The molecule has 0 radical (unpaired) electrons. The fraction of sp³-hybridized carbons (Fsp3) is 0.438. The van der Waals surface area contributed by atoms with E-state index in [4.69, 9.17) is 9.15 Å². The van der Waals surface area contributed by atoms with Crippen LogP contribution in [0.1, 0.15) is 65.4 Å². The Kier molecular flexibility index (Phi) is 7.38. The van der Waals surface area contributed by atoms with Crippen LogP contribution in [-0.2, 0) is 0 Å². The first kappa shape index (κ1) is 26.6. The average molecular weight is 544 g/mol. The lowest BCUT2D eigenvalue weighted by molar-refractivity contribution is 0.0696. The minimum atomic E-state index is -1.07. The zero-order valence-corrected chi connectivity index (χ0v) is 23.2. The van der Waals surface area contributed by atoms with Crippen molar-refractivity contribution in [2.45, 2.75) is 45.1 Å². The summed E-state index contributed by atoms with van der Waals surface area (Å²) in [6.07, 6.45) is 9.65. The average Bonchev–Trinajstić information content (AvgIpc) is 3.32. The molecule has 8 nitrogen and oxygen atoms in total. The maximum absolute atomic E-state index is 12.6. The summed E-state index contributed by atoms with van der Waals surface area (Å²) in [4.78, 5) is 21.4. The lowest BCUT2D eigenvalue weighted by Crippen LogP contribution is -2.46. The summed E-state index contributed by atoms with van der Waals surface area (Å²) < 4.78 is 12.4. The van der Waals surface area contributed by atoms with Crippen LogP contribution in [-0.4, -0.2) is 70.8 Å². The fourth-order valence-corrected chi connectivity index (χ4v) is 6.54. The number of aromatic hydroxyl groups is 1. The minimum absolute atomic E-state index is 0.0645. The van der Waals surface area contributed by atoms with Crippen LogP contribution in [0.25, 0.3) is 21.7 Å².